The molecule has 0 spiro atoms. The summed E-state index contributed by atoms with van der Waals surface area (Å²) < 4.78 is 1.99. The molecule has 1 amide bonds. The number of nitrogens with one attached hydrogen (secondary N) is 2. The van der Waals surface area contributed by atoms with Crippen LogP contribution in [-0.4, -0.2) is 35.3 Å². The van der Waals surface area contributed by atoms with Gasteiger partial charge in [-0.1, -0.05) is 17.7 Å². The number of hydrogen-bond donors (Lipinski definition) is 2. The molecule has 5 nitrogen and oxygen atoms in total. The highest BCUT2D eigenvalue weighted by Crippen LogP contribution is 2.27. The van der Waals surface area contributed by atoms with Gasteiger partial charge >= 0.3 is 0 Å². The molecule has 1 saturated heterocycles. The lowest BCUT2D eigenvalue weighted by Gasteiger charge is -2.14. The monoisotopic (exact) mass is 352 g/mol. The number of benzene rings is 1. The van der Waals surface area contributed by atoms with Gasteiger partial charge < -0.3 is 10.6 Å². The standard InChI is InChI=1S/C21H28N4O/c1-15-6-8-17(9-7-15)25-19-5-3-2-4-18(19)20(24-25)21(26)23-13-11-16-10-12-22-14-16/h6-9,16,22H,2-5,10-14H2,1H3,(H,23,26). The third-order valence-corrected chi connectivity index (χ3v) is 5.67. The fraction of sp³-hybridized carbons (Fsp3) is 0.524. The van der Waals surface area contributed by atoms with Gasteiger partial charge in [-0.05, 0) is 76.6 Å². The predicted octanol–water partition coefficient (Wildman–Crippen LogP) is 2.79. The molecule has 2 heterocycles. The molecule has 1 aliphatic carbocycles. The molecule has 0 bridgehead atoms. The Morgan fingerprint density at radius 1 is 1.27 bits per heavy atom. The van der Waals surface area contributed by atoms with E-state index in [0.29, 0.717) is 11.6 Å². The van der Waals surface area contributed by atoms with Crippen LogP contribution in [0.2, 0.25) is 0 Å². The molecule has 2 N–H and O–H groups in total. The van der Waals surface area contributed by atoms with E-state index in [0.717, 1.165) is 56.6 Å². The Morgan fingerprint density at radius 2 is 2.08 bits per heavy atom. The first-order valence-corrected chi connectivity index (χ1v) is 9.89. The number of amides is 1. The summed E-state index contributed by atoms with van der Waals surface area (Å²) in [5, 5.41) is 11.2. The molecule has 1 fully saturated rings. The van der Waals surface area contributed by atoms with Crippen molar-refractivity contribution in [2.75, 3.05) is 19.6 Å². The Labute approximate surface area is 155 Å². The highest BCUT2D eigenvalue weighted by atomic mass is 16.1. The van der Waals surface area contributed by atoms with E-state index in [2.05, 4.69) is 41.8 Å². The summed E-state index contributed by atoms with van der Waals surface area (Å²) in [4.78, 5) is 12.8. The first kappa shape index (κ1) is 17.3. The van der Waals surface area contributed by atoms with Crippen LogP contribution in [0, 0.1) is 12.8 Å². The predicted molar refractivity (Wildman–Crippen MR) is 103 cm³/mol. The summed E-state index contributed by atoms with van der Waals surface area (Å²) >= 11 is 0. The molecule has 1 aliphatic heterocycles. The molecule has 0 radical (unpaired) electrons. The SMILES string of the molecule is Cc1ccc(-n2nc(C(=O)NCCC3CCNC3)c3c2CCCC3)cc1. The first-order chi connectivity index (χ1) is 12.7. The second-order valence-electron chi connectivity index (χ2n) is 7.63. The molecule has 138 valence electrons. The zero-order chi connectivity index (χ0) is 17.9. The Bertz CT molecular complexity index is 772. The van der Waals surface area contributed by atoms with Crippen molar-refractivity contribution in [3.8, 4) is 5.69 Å². The maximum Gasteiger partial charge on any atom is 0.272 e. The molecule has 5 heteroatoms. The van der Waals surface area contributed by atoms with Crippen LogP contribution >= 0.6 is 0 Å². The van der Waals surface area contributed by atoms with Crippen LogP contribution in [0.25, 0.3) is 5.69 Å². The van der Waals surface area contributed by atoms with Crippen LogP contribution in [0.3, 0.4) is 0 Å². The second-order valence-corrected chi connectivity index (χ2v) is 7.63. The van der Waals surface area contributed by atoms with Crippen molar-refractivity contribution in [3.05, 3.63) is 46.8 Å². The molecular formula is C21H28N4O. The van der Waals surface area contributed by atoms with E-state index >= 15 is 0 Å². The average Bonchev–Trinajstić information content (AvgIpc) is 3.30. The van der Waals surface area contributed by atoms with Gasteiger partial charge in [0, 0.05) is 17.8 Å². The van der Waals surface area contributed by atoms with Crippen LogP contribution in [-0.2, 0) is 12.8 Å². The summed E-state index contributed by atoms with van der Waals surface area (Å²) in [7, 11) is 0. The van der Waals surface area contributed by atoms with Gasteiger partial charge in [0.05, 0.1) is 5.69 Å². The van der Waals surface area contributed by atoms with Crippen LogP contribution in [0.15, 0.2) is 24.3 Å². The summed E-state index contributed by atoms with van der Waals surface area (Å²) in [6, 6.07) is 8.38. The van der Waals surface area contributed by atoms with Gasteiger partial charge in [-0.3, -0.25) is 4.79 Å². The van der Waals surface area contributed by atoms with E-state index in [4.69, 9.17) is 5.10 Å². The number of hydrogen-bond acceptors (Lipinski definition) is 3. The van der Waals surface area contributed by atoms with Crippen molar-refractivity contribution in [2.24, 2.45) is 5.92 Å². The zero-order valence-electron chi connectivity index (χ0n) is 15.6. The normalized spacial score (nSPS) is 19.3. The lowest BCUT2D eigenvalue weighted by molar-refractivity contribution is 0.0945. The highest BCUT2D eigenvalue weighted by Gasteiger charge is 2.25. The topological polar surface area (TPSA) is 59.0 Å². The van der Waals surface area contributed by atoms with Crippen molar-refractivity contribution in [1.29, 1.82) is 0 Å². The van der Waals surface area contributed by atoms with Crippen LogP contribution in [0.5, 0.6) is 0 Å². The van der Waals surface area contributed by atoms with Crippen molar-refractivity contribution in [1.82, 2.24) is 20.4 Å². The number of nitrogens with zero attached hydrogens (tertiary/aromatic N) is 2. The quantitative estimate of drug-likeness (QED) is 0.870. The minimum Gasteiger partial charge on any atom is -0.351 e. The second kappa shape index (κ2) is 7.62. The Morgan fingerprint density at radius 3 is 2.85 bits per heavy atom. The number of aromatic nitrogens is 2. The maximum atomic E-state index is 12.8. The number of rotatable bonds is 5. The first-order valence-electron chi connectivity index (χ1n) is 9.89. The number of carbonyl (C=O) groups excluding carboxylic acids is 1. The van der Waals surface area contributed by atoms with Gasteiger partial charge in [0.25, 0.3) is 5.91 Å². The Hall–Kier alpha value is -2.14. The van der Waals surface area contributed by atoms with Crippen LogP contribution < -0.4 is 10.6 Å². The number of fused-ring (bicyclic) bond motifs is 1. The molecule has 1 atom stereocenters. The van der Waals surface area contributed by atoms with Gasteiger partial charge in [0.1, 0.15) is 0 Å². The van der Waals surface area contributed by atoms with Crippen molar-refractivity contribution < 1.29 is 4.79 Å². The molecule has 0 saturated carbocycles. The number of carbonyl (C=O) groups is 1. The van der Waals surface area contributed by atoms with Crippen molar-refractivity contribution in [2.45, 2.75) is 45.4 Å². The van der Waals surface area contributed by atoms with Gasteiger partial charge in [-0.25, -0.2) is 4.68 Å². The van der Waals surface area contributed by atoms with E-state index in [1.165, 1.54) is 24.1 Å². The molecular weight excluding hydrogens is 324 g/mol. The summed E-state index contributed by atoms with van der Waals surface area (Å²) in [5.74, 6) is 0.675. The van der Waals surface area contributed by atoms with E-state index < -0.39 is 0 Å². The van der Waals surface area contributed by atoms with Crippen LogP contribution in [0.4, 0.5) is 0 Å². The van der Waals surface area contributed by atoms with E-state index in [-0.39, 0.29) is 5.91 Å². The largest absolute Gasteiger partial charge is 0.351 e. The fourth-order valence-electron chi connectivity index (χ4n) is 4.12. The Kier molecular flexibility index (Phi) is 5.07. The fourth-order valence-corrected chi connectivity index (χ4v) is 4.12. The van der Waals surface area contributed by atoms with Crippen molar-refractivity contribution >= 4 is 5.91 Å². The zero-order valence-corrected chi connectivity index (χ0v) is 15.6. The van der Waals surface area contributed by atoms with Crippen molar-refractivity contribution in [3.63, 3.8) is 0 Å². The molecule has 26 heavy (non-hydrogen) atoms. The van der Waals surface area contributed by atoms with Gasteiger partial charge in [-0.2, -0.15) is 5.10 Å². The highest BCUT2D eigenvalue weighted by molar-refractivity contribution is 5.94. The summed E-state index contributed by atoms with van der Waals surface area (Å²) in [5.41, 5.74) is 5.27. The smallest absolute Gasteiger partial charge is 0.272 e. The third kappa shape index (κ3) is 3.54. The van der Waals surface area contributed by atoms with Gasteiger partial charge in [-0.15, -0.1) is 0 Å². The molecule has 1 aromatic heterocycles. The van der Waals surface area contributed by atoms with E-state index in [1.807, 2.05) is 4.68 Å². The maximum absolute atomic E-state index is 12.8. The Balaban J connectivity index is 1.53. The van der Waals surface area contributed by atoms with Gasteiger partial charge in [0.2, 0.25) is 0 Å². The lowest BCUT2D eigenvalue weighted by atomic mass is 9.95. The third-order valence-electron chi connectivity index (χ3n) is 5.67. The lowest BCUT2D eigenvalue weighted by Crippen LogP contribution is -2.27. The van der Waals surface area contributed by atoms with Crippen LogP contribution in [0.1, 0.15) is 53.0 Å². The average molecular weight is 352 g/mol. The molecule has 1 unspecified atom stereocenters. The summed E-state index contributed by atoms with van der Waals surface area (Å²) in [6.45, 7) is 5.00. The molecule has 2 aromatic rings. The molecule has 1 aromatic carbocycles. The molecule has 2 aliphatic rings. The molecule has 4 rings (SSSR count). The summed E-state index contributed by atoms with van der Waals surface area (Å²) in [6.07, 6.45) is 6.52. The minimum absolute atomic E-state index is 0.0139. The number of aryl methyl sites for hydroxylation is 1. The minimum atomic E-state index is -0.0139. The van der Waals surface area contributed by atoms with E-state index in [9.17, 15) is 4.79 Å². The van der Waals surface area contributed by atoms with E-state index in [1.54, 1.807) is 0 Å². The van der Waals surface area contributed by atoms with Gasteiger partial charge in [0.15, 0.2) is 5.69 Å².